The molecule has 1 atom stereocenters. The van der Waals surface area contributed by atoms with Gasteiger partial charge in [0.25, 0.3) is 0 Å². The number of hydrogen-bond acceptors (Lipinski definition) is 4. The smallest absolute Gasteiger partial charge is 0.354 e. The average molecular weight is 690 g/mol. The maximum atomic E-state index is 13.3. The highest BCUT2D eigenvalue weighted by molar-refractivity contribution is 14.1. The van der Waals surface area contributed by atoms with E-state index in [9.17, 15) is 9.00 Å². The zero-order valence-corrected chi connectivity index (χ0v) is 28.3. The molecule has 0 aliphatic heterocycles. The number of carbonyl (C=O) groups excluding carboxylic acids is 1. The molecule has 0 aliphatic rings. The van der Waals surface area contributed by atoms with E-state index in [0.29, 0.717) is 10.6 Å². The van der Waals surface area contributed by atoms with E-state index in [4.69, 9.17) is 5.14 Å². The lowest BCUT2D eigenvalue weighted by molar-refractivity contribution is 0.260. The van der Waals surface area contributed by atoms with Gasteiger partial charge in [0.05, 0.1) is 4.90 Å². The van der Waals surface area contributed by atoms with Crippen LogP contribution in [-0.2, 0) is 16.5 Å². The molecule has 0 saturated heterocycles. The molecule has 7 nitrogen and oxygen atoms in total. The normalized spacial score (nSPS) is 13.0. The standard InChI is InChI=1S/C32H44IN5O2S/c1-8-38(18-17-33)27-13-11-25(12-14-27)26-19-29(22(2)3)31(30(20-26)23(4)5)35-32(39)36-41(34,40)28-15-9-24(10-16-28)21-37(6)7/h9-16,19-20,22-23H,8,17-18,21H2,1-7H3,(H3,34,35,36,39,40). The second-order valence-electron chi connectivity index (χ2n) is 11.1. The van der Waals surface area contributed by atoms with E-state index in [0.717, 1.165) is 51.9 Å². The van der Waals surface area contributed by atoms with E-state index in [-0.39, 0.29) is 11.8 Å². The lowest BCUT2D eigenvalue weighted by Crippen LogP contribution is -2.24. The second kappa shape index (κ2) is 14.6. The van der Waals surface area contributed by atoms with Gasteiger partial charge >= 0.3 is 6.03 Å². The van der Waals surface area contributed by atoms with Gasteiger partial charge in [0.15, 0.2) is 0 Å². The van der Waals surface area contributed by atoms with Crippen LogP contribution in [0.5, 0.6) is 0 Å². The number of halogens is 1. The Hall–Kier alpha value is -2.47. The molecule has 3 rings (SSSR count). The zero-order valence-electron chi connectivity index (χ0n) is 25.3. The molecule has 0 fully saturated rings. The Bertz CT molecular complexity index is 1410. The molecule has 0 bridgehead atoms. The third-order valence-corrected chi connectivity index (χ3v) is 8.82. The van der Waals surface area contributed by atoms with Crippen LogP contribution in [0.15, 0.2) is 69.9 Å². The van der Waals surface area contributed by atoms with Gasteiger partial charge in [0.2, 0.25) is 0 Å². The summed E-state index contributed by atoms with van der Waals surface area (Å²) in [6.07, 6.45) is 0. The van der Waals surface area contributed by atoms with Gasteiger partial charge in [-0.2, -0.15) is 0 Å². The molecule has 0 aromatic heterocycles. The number of benzene rings is 3. The Balaban J connectivity index is 1.97. The molecule has 3 N–H and O–H groups in total. The van der Waals surface area contributed by atoms with Crippen molar-refractivity contribution < 1.29 is 9.00 Å². The molecule has 3 aromatic carbocycles. The average Bonchev–Trinajstić information content (AvgIpc) is 2.91. The fourth-order valence-corrected chi connectivity index (χ4v) is 6.31. The summed E-state index contributed by atoms with van der Waals surface area (Å²) in [7, 11) is 0.543. The molecule has 41 heavy (non-hydrogen) atoms. The van der Waals surface area contributed by atoms with Gasteiger partial charge in [-0.15, -0.1) is 4.36 Å². The fraction of sp³-hybridized carbons (Fsp3) is 0.406. The Labute approximate surface area is 260 Å². The van der Waals surface area contributed by atoms with Gasteiger partial charge in [0, 0.05) is 35.4 Å². The third kappa shape index (κ3) is 8.76. The minimum Gasteiger partial charge on any atom is -0.371 e. The van der Waals surface area contributed by atoms with Gasteiger partial charge in [-0.1, -0.05) is 74.6 Å². The van der Waals surface area contributed by atoms with Crippen LogP contribution in [0.1, 0.15) is 63.1 Å². The maximum absolute atomic E-state index is 13.3. The summed E-state index contributed by atoms with van der Waals surface area (Å²) in [6, 6.07) is 19.3. The number of hydrogen-bond donors (Lipinski definition) is 2. The van der Waals surface area contributed by atoms with Crippen molar-refractivity contribution in [2.24, 2.45) is 9.50 Å². The Morgan fingerprint density at radius 3 is 1.98 bits per heavy atom. The van der Waals surface area contributed by atoms with Crippen molar-refractivity contribution in [2.75, 3.05) is 41.8 Å². The quantitative estimate of drug-likeness (QED) is 0.159. The molecule has 9 heteroatoms. The second-order valence-corrected chi connectivity index (χ2v) is 14.0. The lowest BCUT2D eigenvalue weighted by atomic mass is 9.88. The van der Waals surface area contributed by atoms with Crippen molar-refractivity contribution in [2.45, 2.75) is 57.9 Å². The lowest BCUT2D eigenvalue weighted by Gasteiger charge is -2.23. The topological polar surface area (TPSA) is 91.0 Å². The molecule has 222 valence electrons. The van der Waals surface area contributed by atoms with E-state index in [2.05, 4.69) is 108 Å². The monoisotopic (exact) mass is 689 g/mol. The highest BCUT2D eigenvalue weighted by atomic mass is 127. The summed E-state index contributed by atoms with van der Waals surface area (Å²) in [5.41, 5.74) is 7.18. The Morgan fingerprint density at radius 2 is 1.51 bits per heavy atom. The van der Waals surface area contributed by atoms with Crippen molar-refractivity contribution in [3.63, 3.8) is 0 Å². The van der Waals surface area contributed by atoms with Gasteiger partial charge in [-0.05, 0) is 97.1 Å². The number of rotatable bonds is 11. The summed E-state index contributed by atoms with van der Waals surface area (Å²) in [6.45, 7) is 13.3. The molecule has 0 heterocycles. The molecule has 1 unspecified atom stereocenters. The number of alkyl halides is 1. The number of anilines is 2. The molecule has 0 saturated carbocycles. The van der Waals surface area contributed by atoms with Gasteiger partial charge in [0.1, 0.15) is 9.92 Å². The van der Waals surface area contributed by atoms with Gasteiger partial charge < -0.3 is 15.1 Å². The zero-order chi connectivity index (χ0) is 30.3. The van der Waals surface area contributed by atoms with E-state index >= 15 is 0 Å². The van der Waals surface area contributed by atoms with Gasteiger partial charge in [-0.3, -0.25) is 0 Å². The van der Waals surface area contributed by atoms with Crippen LogP contribution in [-0.4, -0.2) is 46.8 Å². The molecule has 0 aliphatic carbocycles. The number of nitrogens with one attached hydrogen (secondary N) is 1. The van der Waals surface area contributed by atoms with E-state index < -0.39 is 15.9 Å². The molecule has 0 radical (unpaired) electrons. The van der Waals surface area contributed by atoms with Crippen molar-refractivity contribution in [1.82, 2.24) is 4.90 Å². The largest absolute Gasteiger partial charge is 0.371 e. The van der Waals surface area contributed by atoms with E-state index in [1.165, 1.54) is 5.69 Å². The first-order valence-corrected chi connectivity index (χ1v) is 17.1. The molecule has 3 aromatic rings. The Kier molecular flexibility index (Phi) is 11.8. The highest BCUT2D eigenvalue weighted by Crippen LogP contribution is 2.38. The van der Waals surface area contributed by atoms with Crippen LogP contribution in [0.2, 0.25) is 0 Å². The van der Waals surface area contributed by atoms with Crippen molar-refractivity contribution in [3.8, 4) is 11.1 Å². The first-order chi connectivity index (χ1) is 19.4. The van der Waals surface area contributed by atoms with Crippen LogP contribution in [0, 0.1) is 0 Å². The fourth-order valence-electron chi connectivity index (χ4n) is 4.81. The third-order valence-electron chi connectivity index (χ3n) is 6.96. The maximum Gasteiger partial charge on any atom is 0.354 e. The first kappa shape index (κ1) is 33.0. The van der Waals surface area contributed by atoms with Crippen molar-refractivity contribution in [3.05, 3.63) is 77.4 Å². The summed E-state index contributed by atoms with van der Waals surface area (Å²) in [5, 5.41) is 9.04. The van der Waals surface area contributed by atoms with Crippen LogP contribution < -0.4 is 15.4 Å². The van der Waals surface area contributed by atoms with E-state index in [1.807, 2.05) is 31.1 Å². The summed E-state index contributed by atoms with van der Waals surface area (Å²) in [5.74, 6) is 0.264. The van der Waals surface area contributed by atoms with E-state index in [1.54, 1.807) is 12.1 Å². The van der Waals surface area contributed by atoms with Crippen LogP contribution >= 0.6 is 22.6 Å². The highest BCUT2D eigenvalue weighted by Gasteiger charge is 2.20. The van der Waals surface area contributed by atoms with Crippen molar-refractivity contribution >= 4 is 49.9 Å². The Morgan fingerprint density at radius 1 is 0.951 bits per heavy atom. The van der Waals surface area contributed by atoms with Crippen LogP contribution in [0.25, 0.3) is 11.1 Å². The summed E-state index contributed by atoms with van der Waals surface area (Å²) in [4.78, 5) is 17.9. The summed E-state index contributed by atoms with van der Waals surface area (Å²) < 4.78 is 18.3. The SMILES string of the molecule is CCN(CCI)c1ccc(-c2cc(C(C)C)c(NC(=O)N=S(N)(=O)c3ccc(CN(C)C)cc3)c(C(C)C)c2)cc1. The number of nitrogens with two attached hydrogens (primary N) is 1. The summed E-state index contributed by atoms with van der Waals surface area (Å²) >= 11 is 2.41. The first-order valence-electron chi connectivity index (χ1n) is 14.0. The molecule has 2 amide bonds. The van der Waals surface area contributed by atoms with Crippen LogP contribution in [0.4, 0.5) is 16.2 Å². The molecular formula is C32H44IN5O2S. The predicted octanol–water partition coefficient (Wildman–Crippen LogP) is 7.86. The number of urea groups is 1. The number of amides is 2. The number of carbonyl (C=O) groups is 1. The van der Waals surface area contributed by atoms with Crippen molar-refractivity contribution in [1.29, 1.82) is 0 Å². The predicted molar refractivity (Wildman–Crippen MR) is 183 cm³/mol. The molecule has 0 spiro atoms. The van der Waals surface area contributed by atoms with Crippen LogP contribution in [0.3, 0.4) is 0 Å². The minimum absolute atomic E-state index is 0.132. The number of nitrogens with zero attached hydrogens (tertiary/aromatic N) is 3. The van der Waals surface area contributed by atoms with Gasteiger partial charge in [-0.25, -0.2) is 14.1 Å². The minimum atomic E-state index is -3.41. The molecular weight excluding hydrogens is 645 g/mol.